The molecule has 0 N–H and O–H groups in total. The second kappa shape index (κ2) is 8.18. The van der Waals surface area contributed by atoms with Crippen LogP contribution in [0.1, 0.15) is 5.69 Å². The Balaban J connectivity index is 1.33. The molecule has 3 aromatic rings. The van der Waals surface area contributed by atoms with E-state index in [1.54, 1.807) is 0 Å². The maximum absolute atomic E-state index is 12.2. The minimum absolute atomic E-state index is 0.131. The summed E-state index contributed by atoms with van der Waals surface area (Å²) in [6, 6.07) is 5.45. The Morgan fingerprint density at radius 1 is 1.23 bits per heavy atom. The van der Waals surface area contributed by atoms with Crippen molar-refractivity contribution in [2.24, 2.45) is 0 Å². The first-order valence-corrected chi connectivity index (χ1v) is 8.90. The van der Waals surface area contributed by atoms with E-state index >= 15 is 0 Å². The quantitative estimate of drug-likeness (QED) is 0.427. The molecule has 0 aliphatic carbocycles. The lowest BCUT2D eigenvalue weighted by Crippen LogP contribution is -2.32. The van der Waals surface area contributed by atoms with E-state index in [0.29, 0.717) is 23.5 Å². The van der Waals surface area contributed by atoms with Crippen molar-refractivity contribution in [3.8, 4) is 23.0 Å². The summed E-state index contributed by atoms with van der Waals surface area (Å²) in [5.74, 6) is -0.620. The van der Waals surface area contributed by atoms with Crippen molar-refractivity contribution in [1.82, 2.24) is 19.5 Å². The van der Waals surface area contributed by atoms with E-state index < -0.39 is 11.3 Å². The number of aromatic nitrogens is 4. The van der Waals surface area contributed by atoms with Gasteiger partial charge in [-0.15, -0.1) is 13.2 Å². The average Bonchev–Trinajstić information content (AvgIpc) is 3.16. The van der Waals surface area contributed by atoms with E-state index in [1.807, 2.05) is 0 Å². The Bertz CT molecular complexity index is 1070. The van der Waals surface area contributed by atoms with E-state index in [4.69, 9.17) is 9.47 Å². The summed E-state index contributed by atoms with van der Waals surface area (Å²) in [5, 5.41) is 10.8. The van der Waals surface area contributed by atoms with E-state index in [9.17, 15) is 23.3 Å². The summed E-state index contributed by atoms with van der Waals surface area (Å²) in [7, 11) is 0. The lowest BCUT2D eigenvalue weighted by molar-refractivity contribution is -0.389. The first-order chi connectivity index (χ1) is 14.8. The number of ether oxygens (including phenoxy) is 3. The van der Waals surface area contributed by atoms with E-state index in [-0.39, 0.29) is 36.9 Å². The molecule has 0 amide bonds. The third kappa shape index (κ3) is 5.06. The molecule has 2 aromatic heterocycles. The van der Waals surface area contributed by atoms with Crippen molar-refractivity contribution in [2.45, 2.75) is 25.6 Å². The van der Waals surface area contributed by atoms with Crippen molar-refractivity contribution in [1.29, 1.82) is 0 Å². The fourth-order valence-electron chi connectivity index (χ4n) is 2.87. The predicted molar refractivity (Wildman–Crippen MR) is 97.1 cm³/mol. The molecule has 1 aliphatic rings. The van der Waals surface area contributed by atoms with Gasteiger partial charge < -0.3 is 24.3 Å². The number of hydrogen-bond acceptors (Lipinski definition) is 8. The van der Waals surface area contributed by atoms with E-state index in [1.165, 1.54) is 47.4 Å². The zero-order chi connectivity index (χ0) is 22.0. The van der Waals surface area contributed by atoms with Crippen molar-refractivity contribution < 1.29 is 32.3 Å². The van der Waals surface area contributed by atoms with Crippen LogP contribution in [0.2, 0.25) is 0 Å². The van der Waals surface area contributed by atoms with E-state index in [0.717, 1.165) is 0 Å². The highest BCUT2D eigenvalue weighted by Crippen LogP contribution is 2.26. The number of imidazole rings is 1. The molecule has 162 valence electrons. The van der Waals surface area contributed by atoms with Gasteiger partial charge in [0.1, 0.15) is 24.7 Å². The fourth-order valence-corrected chi connectivity index (χ4v) is 2.87. The molecule has 0 saturated carbocycles. The minimum Gasteiger partial charge on any atom is -0.443 e. The van der Waals surface area contributed by atoms with E-state index in [2.05, 4.69) is 19.7 Å². The molecular formula is C18H14F3N5O5. The predicted octanol–water partition coefficient (Wildman–Crippen LogP) is 3.12. The summed E-state index contributed by atoms with van der Waals surface area (Å²) in [6.45, 7) is 0.659. The number of halogens is 3. The Hall–Kier alpha value is -3.74. The average molecular weight is 437 g/mol. The summed E-state index contributed by atoms with van der Waals surface area (Å²) in [4.78, 5) is 22.4. The third-order valence-electron chi connectivity index (χ3n) is 4.27. The largest absolute Gasteiger partial charge is 0.573 e. The first-order valence-electron chi connectivity index (χ1n) is 8.90. The summed E-state index contributed by atoms with van der Waals surface area (Å²) in [6.07, 6.45) is -0.853. The minimum atomic E-state index is -4.75. The van der Waals surface area contributed by atoms with Crippen LogP contribution in [0.4, 0.5) is 19.0 Å². The molecule has 0 bridgehead atoms. The molecule has 1 aromatic carbocycles. The van der Waals surface area contributed by atoms with Gasteiger partial charge in [-0.25, -0.2) is 0 Å². The van der Waals surface area contributed by atoms with Gasteiger partial charge in [0.15, 0.2) is 0 Å². The lowest BCUT2D eigenvalue weighted by atomic mass is 10.1. The van der Waals surface area contributed by atoms with Crippen LogP contribution in [0.15, 0.2) is 42.9 Å². The molecule has 4 rings (SSSR count). The van der Waals surface area contributed by atoms with Crippen LogP contribution in [0.5, 0.6) is 11.8 Å². The third-order valence-corrected chi connectivity index (χ3v) is 4.27. The van der Waals surface area contributed by atoms with Crippen LogP contribution in [0.25, 0.3) is 11.3 Å². The van der Waals surface area contributed by atoms with Gasteiger partial charge in [0.05, 0.1) is 36.9 Å². The Labute approximate surface area is 172 Å². The molecule has 0 fully saturated rings. The number of hydrogen-bond donors (Lipinski definition) is 0. The molecule has 10 nitrogen and oxygen atoms in total. The standard InChI is InChI=1S/C18H14F3N5O5/c19-18(20,21)31-13-3-1-11(2-4-13)15-6-22-12(5-23-15)9-29-14-7-25-8-16(26(27)28)24-17(25)30-10-14/h1-6,8,14H,7,9-10H2/t14-/m0/s1. The van der Waals surface area contributed by atoms with Crippen molar-refractivity contribution in [3.63, 3.8) is 0 Å². The molecule has 0 saturated heterocycles. The number of nitro groups is 1. The number of rotatable bonds is 6. The maximum atomic E-state index is 12.2. The molecular weight excluding hydrogens is 423 g/mol. The zero-order valence-corrected chi connectivity index (χ0v) is 15.7. The monoisotopic (exact) mass is 437 g/mol. The molecule has 13 heteroatoms. The smallest absolute Gasteiger partial charge is 0.443 e. The normalized spacial score (nSPS) is 15.8. The topological polar surface area (TPSA) is 114 Å². The van der Waals surface area contributed by atoms with Crippen LogP contribution in [0.3, 0.4) is 0 Å². The number of nitrogens with zero attached hydrogens (tertiary/aromatic N) is 5. The molecule has 0 unspecified atom stereocenters. The first kappa shape index (κ1) is 20.5. The Morgan fingerprint density at radius 2 is 2.00 bits per heavy atom. The van der Waals surface area contributed by atoms with Crippen molar-refractivity contribution >= 4 is 5.82 Å². The second-order valence-electron chi connectivity index (χ2n) is 6.50. The highest BCUT2D eigenvalue weighted by atomic mass is 19.4. The van der Waals surface area contributed by atoms with Crippen LogP contribution >= 0.6 is 0 Å². The van der Waals surface area contributed by atoms with Crippen LogP contribution < -0.4 is 9.47 Å². The highest BCUT2D eigenvalue weighted by Gasteiger charge is 2.31. The number of benzene rings is 1. The molecule has 3 heterocycles. The van der Waals surface area contributed by atoms with Gasteiger partial charge in [-0.3, -0.25) is 14.5 Å². The molecule has 31 heavy (non-hydrogen) atoms. The summed E-state index contributed by atoms with van der Waals surface area (Å²) in [5.41, 5.74) is 1.58. The van der Waals surface area contributed by atoms with Crippen LogP contribution in [0, 0.1) is 10.1 Å². The SMILES string of the molecule is O=[N+]([O-])c1cn2c(n1)OC[C@@H](OCc1cnc(-c3ccc(OC(F)(F)F)cc3)cn1)C2. The van der Waals surface area contributed by atoms with Gasteiger partial charge in [0, 0.05) is 10.5 Å². The number of fused-ring (bicyclic) bond motifs is 1. The van der Waals surface area contributed by atoms with Gasteiger partial charge in [-0.1, -0.05) is 0 Å². The molecule has 1 aliphatic heterocycles. The highest BCUT2D eigenvalue weighted by molar-refractivity contribution is 5.58. The fraction of sp³-hybridized carbons (Fsp3) is 0.278. The lowest BCUT2D eigenvalue weighted by Gasteiger charge is -2.22. The van der Waals surface area contributed by atoms with Gasteiger partial charge in [0.2, 0.25) is 0 Å². The Kier molecular flexibility index (Phi) is 5.42. The molecule has 0 radical (unpaired) electrons. The van der Waals surface area contributed by atoms with Crippen molar-refractivity contribution in [3.05, 3.63) is 58.7 Å². The van der Waals surface area contributed by atoms with Gasteiger partial charge >= 0.3 is 18.2 Å². The van der Waals surface area contributed by atoms with Gasteiger partial charge in [0.25, 0.3) is 0 Å². The van der Waals surface area contributed by atoms with Crippen LogP contribution in [-0.2, 0) is 17.9 Å². The molecule has 0 spiro atoms. The van der Waals surface area contributed by atoms with Gasteiger partial charge in [-0.05, 0) is 29.2 Å². The van der Waals surface area contributed by atoms with Gasteiger partial charge in [-0.2, -0.15) is 0 Å². The maximum Gasteiger partial charge on any atom is 0.573 e. The van der Waals surface area contributed by atoms with Crippen molar-refractivity contribution in [2.75, 3.05) is 6.61 Å². The van der Waals surface area contributed by atoms with Crippen LogP contribution in [-0.4, -0.2) is 43.5 Å². The second-order valence-corrected chi connectivity index (χ2v) is 6.50. The molecule has 1 atom stereocenters. The Morgan fingerprint density at radius 3 is 2.65 bits per heavy atom. The zero-order valence-electron chi connectivity index (χ0n) is 15.7. The summed E-state index contributed by atoms with van der Waals surface area (Å²) >= 11 is 0. The number of alkyl halides is 3. The summed E-state index contributed by atoms with van der Waals surface area (Å²) < 4.78 is 53.1.